The van der Waals surface area contributed by atoms with Crippen molar-refractivity contribution >= 4 is 5.70 Å². The molecule has 0 aliphatic heterocycles. The molecule has 0 bridgehead atoms. The van der Waals surface area contributed by atoms with Crippen molar-refractivity contribution in [3.8, 4) is 6.07 Å². The predicted octanol–water partition coefficient (Wildman–Crippen LogP) is 3.00. The lowest BCUT2D eigenvalue weighted by molar-refractivity contribution is 0.371. The van der Waals surface area contributed by atoms with Crippen molar-refractivity contribution in [2.45, 2.75) is 32.1 Å². The number of nitrogens with zero attached hydrogens (tertiary/aromatic N) is 1. The summed E-state index contributed by atoms with van der Waals surface area (Å²) in [6.45, 7) is 0. The summed E-state index contributed by atoms with van der Waals surface area (Å²) < 4.78 is 0. The van der Waals surface area contributed by atoms with Crippen LogP contribution >= 0.6 is 0 Å². The third-order valence-electron chi connectivity index (χ3n) is 4.31. The Labute approximate surface area is 102 Å². The molecule has 2 heteroatoms. The standard InChI is InChI=1S/C15H16N2/c16-10-13-14(17)12-6-2-1-5-11(12)9-15(13)7-3-4-8-15/h1-2,5-6H,3-4,7-9,17H2. The lowest BCUT2D eigenvalue weighted by atomic mass is 9.68. The normalized spacial score (nSPS) is 21.4. The van der Waals surface area contributed by atoms with Gasteiger partial charge in [-0.2, -0.15) is 5.26 Å². The van der Waals surface area contributed by atoms with Gasteiger partial charge < -0.3 is 5.73 Å². The van der Waals surface area contributed by atoms with E-state index >= 15 is 0 Å². The molecule has 86 valence electrons. The van der Waals surface area contributed by atoms with E-state index in [0.717, 1.165) is 36.1 Å². The summed E-state index contributed by atoms with van der Waals surface area (Å²) in [5, 5.41) is 9.42. The Bertz CT molecular complexity index is 528. The molecule has 2 aliphatic rings. The second-order valence-corrected chi connectivity index (χ2v) is 5.22. The van der Waals surface area contributed by atoms with Crippen LogP contribution in [0.2, 0.25) is 0 Å². The molecule has 2 N–H and O–H groups in total. The fourth-order valence-electron chi connectivity index (χ4n) is 3.47. The summed E-state index contributed by atoms with van der Waals surface area (Å²) in [7, 11) is 0. The molecular weight excluding hydrogens is 208 g/mol. The molecule has 0 saturated heterocycles. The summed E-state index contributed by atoms with van der Waals surface area (Å²) in [5.74, 6) is 0. The molecule has 0 heterocycles. The third-order valence-corrected chi connectivity index (χ3v) is 4.31. The molecular formula is C15H16N2. The van der Waals surface area contributed by atoms with E-state index in [4.69, 9.17) is 5.73 Å². The topological polar surface area (TPSA) is 49.8 Å². The van der Waals surface area contributed by atoms with Gasteiger partial charge in [-0.25, -0.2) is 0 Å². The highest BCUT2D eigenvalue weighted by molar-refractivity contribution is 5.75. The van der Waals surface area contributed by atoms with Crippen LogP contribution in [0, 0.1) is 16.7 Å². The van der Waals surface area contributed by atoms with Crippen molar-refractivity contribution in [1.82, 2.24) is 0 Å². The van der Waals surface area contributed by atoms with Crippen molar-refractivity contribution in [2.75, 3.05) is 0 Å². The van der Waals surface area contributed by atoms with Gasteiger partial charge in [0.2, 0.25) is 0 Å². The molecule has 0 aromatic heterocycles. The molecule has 0 atom stereocenters. The SMILES string of the molecule is N#CC1=C(N)c2ccccc2CC12CCCC2. The van der Waals surface area contributed by atoms with Crippen molar-refractivity contribution < 1.29 is 0 Å². The summed E-state index contributed by atoms with van der Waals surface area (Å²) >= 11 is 0. The highest BCUT2D eigenvalue weighted by Gasteiger charge is 2.42. The first-order valence-corrected chi connectivity index (χ1v) is 6.25. The minimum Gasteiger partial charge on any atom is -0.397 e. The van der Waals surface area contributed by atoms with E-state index < -0.39 is 0 Å². The summed E-state index contributed by atoms with van der Waals surface area (Å²) in [6, 6.07) is 10.6. The number of fused-ring (bicyclic) bond motifs is 1. The van der Waals surface area contributed by atoms with E-state index in [1.54, 1.807) is 0 Å². The van der Waals surface area contributed by atoms with Crippen LogP contribution in [0.4, 0.5) is 0 Å². The van der Waals surface area contributed by atoms with E-state index in [-0.39, 0.29) is 5.41 Å². The van der Waals surface area contributed by atoms with Crippen LogP contribution in [-0.2, 0) is 6.42 Å². The Morgan fingerprint density at radius 1 is 1.18 bits per heavy atom. The third kappa shape index (κ3) is 1.39. The Balaban J connectivity index is 2.21. The zero-order valence-electron chi connectivity index (χ0n) is 9.87. The highest BCUT2D eigenvalue weighted by atomic mass is 14.6. The van der Waals surface area contributed by atoms with E-state index in [0.29, 0.717) is 0 Å². The molecule has 3 rings (SSSR count). The average molecular weight is 224 g/mol. The van der Waals surface area contributed by atoms with E-state index in [1.807, 2.05) is 12.1 Å². The molecule has 1 saturated carbocycles. The maximum absolute atomic E-state index is 9.42. The van der Waals surface area contributed by atoms with Gasteiger partial charge in [-0.1, -0.05) is 37.1 Å². The molecule has 17 heavy (non-hydrogen) atoms. The van der Waals surface area contributed by atoms with Gasteiger partial charge in [0.25, 0.3) is 0 Å². The molecule has 1 aromatic rings. The Morgan fingerprint density at radius 2 is 1.88 bits per heavy atom. The average Bonchev–Trinajstić information content (AvgIpc) is 2.79. The molecule has 1 spiro atoms. The van der Waals surface area contributed by atoms with Crippen LogP contribution in [0.5, 0.6) is 0 Å². The van der Waals surface area contributed by atoms with Crippen molar-refractivity contribution in [3.05, 3.63) is 41.0 Å². The molecule has 0 unspecified atom stereocenters. The molecule has 0 radical (unpaired) electrons. The van der Waals surface area contributed by atoms with Gasteiger partial charge in [0.15, 0.2) is 0 Å². The van der Waals surface area contributed by atoms with Crippen LogP contribution in [-0.4, -0.2) is 0 Å². The van der Waals surface area contributed by atoms with Crippen molar-refractivity contribution in [3.63, 3.8) is 0 Å². The second-order valence-electron chi connectivity index (χ2n) is 5.22. The first-order valence-electron chi connectivity index (χ1n) is 6.25. The Morgan fingerprint density at radius 3 is 2.59 bits per heavy atom. The number of nitriles is 1. The van der Waals surface area contributed by atoms with Crippen LogP contribution in [0.3, 0.4) is 0 Å². The number of rotatable bonds is 0. The van der Waals surface area contributed by atoms with Crippen LogP contribution in [0.25, 0.3) is 5.70 Å². The van der Waals surface area contributed by atoms with Gasteiger partial charge in [-0.15, -0.1) is 0 Å². The number of benzene rings is 1. The number of hydrogen-bond donors (Lipinski definition) is 1. The van der Waals surface area contributed by atoms with Crippen LogP contribution < -0.4 is 5.73 Å². The lowest BCUT2D eigenvalue weighted by Crippen LogP contribution is -2.29. The number of hydrogen-bond acceptors (Lipinski definition) is 2. The lowest BCUT2D eigenvalue weighted by Gasteiger charge is -2.34. The summed E-state index contributed by atoms with van der Waals surface area (Å²) in [4.78, 5) is 0. The molecule has 2 aliphatic carbocycles. The minimum atomic E-state index is 0.0488. The van der Waals surface area contributed by atoms with Gasteiger partial charge in [0, 0.05) is 11.0 Å². The molecule has 2 nitrogen and oxygen atoms in total. The predicted molar refractivity (Wildman–Crippen MR) is 67.8 cm³/mol. The summed E-state index contributed by atoms with van der Waals surface area (Å²) in [6.07, 6.45) is 5.67. The first-order chi connectivity index (χ1) is 8.27. The zero-order valence-corrected chi connectivity index (χ0v) is 9.87. The van der Waals surface area contributed by atoms with Gasteiger partial charge in [-0.3, -0.25) is 0 Å². The van der Waals surface area contributed by atoms with Gasteiger partial charge in [0.05, 0.1) is 17.3 Å². The van der Waals surface area contributed by atoms with E-state index in [9.17, 15) is 5.26 Å². The smallest absolute Gasteiger partial charge is 0.0975 e. The maximum atomic E-state index is 9.42. The molecule has 0 amide bonds. The van der Waals surface area contributed by atoms with E-state index in [2.05, 4.69) is 18.2 Å². The fourth-order valence-corrected chi connectivity index (χ4v) is 3.47. The minimum absolute atomic E-state index is 0.0488. The van der Waals surface area contributed by atoms with Crippen LogP contribution in [0.1, 0.15) is 36.8 Å². The zero-order chi connectivity index (χ0) is 11.9. The number of allylic oxidation sites excluding steroid dienone is 1. The maximum Gasteiger partial charge on any atom is 0.0975 e. The van der Waals surface area contributed by atoms with Gasteiger partial charge >= 0.3 is 0 Å². The van der Waals surface area contributed by atoms with Crippen molar-refractivity contribution in [1.29, 1.82) is 5.26 Å². The summed E-state index contributed by atoms with van der Waals surface area (Å²) in [5.41, 5.74) is 10.2. The highest BCUT2D eigenvalue weighted by Crippen LogP contribution is 2.51. The van der Waals surface area contributed by atoms with E-state index in [1.165, 1.54) is 18.4 Å². The van der Waals surface area contributed by atoms with Crippen molar-refractivity contribution in [2.24, 2.45) is 11.1 Å². The second kappa shape index (κ2) is 3.63. The largest absolute Gasteiger partial charge is 0.397 e. The molecule has 1 fully saturated rings. The monoisotopic (exact) mass is 224 g/mol. The first kappa shape index (κ1) is 10.4. The Hall–Kier alpha value is -1.75. The number of nitrogens with two attached hydrogens (primary N) is 1. The van der Waals surface area contributed by atoms with Gasteiger partial charge in [-0.05, 0) is 24.8 Å². The van der Waals surface area contributed by atoms with Gasteiger partial charge in [0.1, 0.15) is 0 Å². The fraction of sp³-hybridized carbons (Fsp3) is 0.400. The van der Waals surface area contributed by atoms with Crippen LogP contribution in [0.15, 0.2) is 29.8 Å². The quantitative estimate of drug-likeness (QED) is 0.736. The molecule has 1 aromatic carbocycles. The Kier molecular flexibility index (Phi) is 2.22.